The number of nitrogens with zero attached hydrogens (tertiary/aromatic N) is 1. The number of rotatable bonds is 8. The van der Waals surface area contributed by atoms with E-state index >= 15 is 0 Å². The summed E-state index contributed by atoms with van der Waals surface area (Å²) in [5, 5.41) is 4.58. The number of hydrogen-bond acceptors (Lipinski definition) is 2. The van der Waals surface area contributed by atoms with Crippen LogP contribution in [0.5, 0.6) is 0 Å². The highest BCUT2D eigenvalue weighted by molar-refractivity contribution is 6.42. The lowest BCUT2D eigenvalue weighted by Gasteiger charge is -2.25. The molecule has 0 radical (unpaired) electrons. The van der Waals surface area contributed by atoms with Crippen LogP contribution in [-0.4, -0.2) is 25.5 Å². The fraction of sp³-hybridized carbons (Fsp3) is 0.367. The van der Waals surface area contributed by atoms with Crippen molar-refractivity contribution in [3.63, 3.8) is 0 Å². The van der Waals surface area contributed by atoms with E-state index in [-0.39, 0.29) is 5.91 Å². The third-order valence-corrected chi connectivity index (χ3v) is 8.10. The number of fused-ring (bicyclic) bond motifs is 2. The molecule has 3 aromatic rings. The van der Waals surface area contributed by atoms with E-state index in [4.69, 9.17) is 23.2 Å². The van der Waals surface area contributed by atoms with Crippen molar-refractivity contribution in [1.82, 2.24) is 5.32 Å². The van der Waals surface area contributed by atoms with Crippen LogP contribution in [0.2, 0.25) is 10.0 Å². The zero-order valence-electron chi connectivity index (χ0n) is 20.0. The summed E-state index contributed by atoms with van der Waals surface area (Å²) < 4.78 is 0. The van der Waals surface area contributed by atoms with Gasteiger partial charge in [0.05, 0.1) is 10.0 Å². The van der Waals surface area contributed by atoms with Crippen LogP contribution >= 0.6 is 23.2 Å². The largest absolute Gasteiger partial charge is 0.316 e. The van der Waals surface area contributed by atoms with Crippen molar-refractivity contribution in [2.24, 2.45) is 5.92 Å². The highest BCUT2D eigenvalue weighted by atomic mass is 35.5. The van der Waals surface area contributed by atoms with E-state index < -0.39 is 0 Å². The van der Waals surface area contributed by atoms with Gasteiger partial charge in [0, 0.05) is 17.8 Å². The van der Waals surface area contributed by atoms with Crippen LogP contribution in [0, 0.1) is 5.92 Å². The van der Waals surface area contributed by atoms with Gasteiger partial charge >= 0.3 is 0 Å². The Bertz CT molecular complexity index is 1180. The minimum absolute atomic E-state index is 0.0167. The molecule has 3 aromatic carbocycles. The number of amides is 1. The smallest absolute Gasteiger partial charge is 0.258 e. The summed E-state index contributed by atoms with van der Waals surface area (Å²) in [5.74, 6) is 0.665. The number of hydrogen-bond donors (Lipinski definition) is 1. The molecule has 0 heterocycles. The van der Waals surface area contributed by atoms with Gasteiger partial charge in [-0.2, -0.15) is 0 Å². The summed E-state index contributed by atoms with van der Waals surface area (Å²) in [6, 6.07) is 20.4. The average Bonchev–Trinajstić information content (AvgIpc) is 3.30. The first-order valence-electron chi connectivity index (χ1n) is 12.7. The number of aryl methyl sites for hydroxylation is 2. The number of halogens is 2. The molecule has 5 rings (SSSR count). The molecule has 35 heavy (non-hydrogen) atoms. The van der Waals surface area contributed by atoms with Crippen molar-refractivity contribution in [3.05, 3.63) is 98.5 Å². The second kappa shape index (κ2) is 11.2. The normalized spacial score (nSPS) is 15.0. The Hall–Kier alpha value is -2.33. The molecular formula is C30H32Cl2N2O. The van der Waals surface area contributed by atoms with Gasteiger partial charge in [0.1, 0.15) is 0 Å². The van der Waals surface area contributed by atoms with E-state index in [2.05, 4.69) is 41.7 Å². The number of benzene rings is 3. The van der Waals surface area contributed by atoms with Gasteiger partial charge in [-0.15, -0.1) is 0 Å². The van der Waals surface area contributed by atoms with Crippen molar-refractivity contribution in [1.29, 1.82) is 0 Å². The van der Waals surface area contributed by atoms with Crippen LogP contribution in [0.3, 0.4) is 0 Å². The maximum atomic E-state index is 13.7. The lowest BCUT2D eigenvalue weighted by molar-refractivity contribution is 0.0986. The quantitative estimate of drug-likeness (QED) is 0.336. The standard InChI is InChI=1S/C30H32Cl2N2O/c31-28-13-12-27(19-29(28)32)34(30(35)26-11-10-22-6-1-2-9-25(22)18-26)15-5-14-33-20-21-16-23-7-3-4-8-24(23)17-21/h3-4,7-8,10-13,18-19,21,33H,1-2,5-6,9,14-17,20H2. The van der Waals surface area contributed by atoms with Crippen LogP contribution < -0.4 is 10.2 Å². The topological polar surface area (TPSA) is 32.3 Å². The maximum Gasteiger partial charge on any atom is 0.258 e. The Balaban J connectivity index is 1.23. The molecule has 2 aliphatic rings. The SMILES string of the molecule is O=C(c1ccc2c(c1)CCCC2)N(CCCNCC1Cc2ccccc2C1)c1ccc(Cl)c(Cl)c1. The van der Waals surface area contributed by atoms with E-state index in [0.717, 1.165) is 56.4 Å². The Labute approximate surface area is 218 Å². The summed E-state index contributed by atoms with van der Waals surface area (Å²) >= 11 is 12.5. The number of nitrogens with one attached hydrogen (secondary N) is 1. The minimum Gasteiger partial charge on any atom is -0.316 e. The molecule has 0 saturated heterocycles. The summed E-state index contributed by atoms with van der Waals surface area (Å²) in [6.07, 6.45) is 7.74. The molecule has 1 N–H and O–H groups in total. The van der Waals surface area contributed by atoms with Crippen LogP contribution in [0.25, 0.3) is 0 Å². The Morgan fingerprint density at radius 2 is 1.60 bits per heavy atom. The maximum absolute atomic E-state index is 13.7. The fourth-order valence-corrected chi connectivity index (χ4v) is 5.78. The van der Waals surface area contributed by atoms with Gasteiger partial charge in [0.25, 0.3) is 5.91 Å². The molecule has 0 bridgehead atoms. The Kier molecular flexibility index (Phi) is 7.77. The first kappa shape index (κ1) is 24.4. The predicted molar refractivity (Wildman–Crippen MR) is 146 cm³/mol. The first-order chi connectivity index (χ1) is 17.1. The van der Waals surface area contributed by atoms with Gasteiger partial charge in [0.2, 0.25) is 0 Å². The average molecular weight is 508 g/mol. The summed E-state index contributed by atoms with van der Waals surface area (Å²) in [4.78, 5) is 15.5. The highest BCUT2D eigenvalue weighted by Crippen LogP contribution is 2.30. The van der Waals surface area contributed by atoms with Crippen LogP contribution in [0.1, 0.15) is 51.9 Å². The Morgan fingerprint density at radius 1 is 0.857 bits per heavy atom. The van der Waals surface area contributed by atoms with Gasteiger partial charge in [-0.1, -0.05) is 53.5 Å². The van der Waals surface area contributed by atoms with Crippen molar-refractivity contribution in [3.8, 4) is 0 Å². The highest BCUT2D eigenvalue weighted by Gasteiger charge is 2.22. The van der Waals surface area contributed by atoms with Gasteiger partial charge in [-0.05, 0) is 117 Å². The first-order valence-corrected chi connectivity index (χ1v) is 13.5. The number of carbonyl (C=O) groups is 1. The zero-order valence-corrected chi connectivity index (χ0v) is 21.5. The number of carbonyl (C=O) groups excluding carboxylic acids is 1. The molecule has 0 aliphatic heterocycles. The van der Waals surface area contributed by atoms with Crippen molar-refractivity contribution >= 4 is 34.8 Å². The Morgan fingerprint density at radius 3 is 2.34 bits per heavy atom. The third-order valence-electron chi connectivity index (χ3n) is 7.36. The zero-order chi connectivity index (χ0) is 24.2. The van der Waals surface area contributed by atoms with Gasteiger partial charge in [0.15, 0.2) is 0 Å². The molecule has 0 spiro atoms. The van der Waals surface area contributed by atoms with E-state index in [1.54, 1.807) is 12.1 Å². The molecule has 182 valence electrons. The van der Waals surface area contributed by atoms with Gasteiger partial charge in [-0.3, -0.25) is 4.79 Å². The molecule has 3 nitrogen and oxygen atoms in total. The second-order valence-electron chi connectivity index (χ2n) is 9.85. The van der Waals surface area contributed by atoms with E-state index in [1.165, 1.54) is 35.1 Å². The van der Waals surface area contributed by atoms with Crippen molar-refractivity contribution in [2.75, 3.05) is 24.5 Å². The van der Waals surface area contributed by atoms with Crippen LogP contribution in [0.15, 0.2) is 60.7 Å². The third kappa shape index (κ3) is 5.74. The predicted octanol–water partition coefficient (Wildman–Crippen LogP) is 6.91. The lowest BCUT2D eigenvalue weighted by atomic mass is 9.90. The molecule has 5 heteroatoms. The molecule has 2 aliphatic carbocycles. The van der Waals surface area contributed by atoms with E-state index in [9.17, 15) is 4.79 Å². The summed E-state index contributed by atoms with van der Waals surface area (Å²) in [5.41, 5.74) is 7.20. The van der Waals surface area contributed by atoms with E-state index in [0.29, 0.717) is 22.5 Å². The minimum atomic E-state index is 0.0167. The molecule has 0 unspecified atom stereocenters. The second-order valence-corrected chi connectivity index (χ2v) is 10.7. The van der Waals surface area contributed by atoms with Crippen LogP contribution in [0.4, 0.5) is 5.69 Å². The monoisotopic (exact) mass is 506 g/mol. The summed E-state index contributed by atoms with van der Waals surface area (Å²) in [7, 11) is 0. The van der Waals surface area contributed by atoms with Crippen LogP contribution in [-0.2, 0) is 25.7 Å². The van der Waals surface area contributed by atoms with Gasteiger partial charge < -0.3 is 10.2 Å². The molecule has 0 aromatic heterocycles. The molecule has 0 saturated carbocycles. The van der Waals surface area contributed by atoms with E-state index in [1.807, 2.05) is 17.0 Å². The summed E-state index contributed by atoms with van der Waals surface area (Å²) in [6.45, 7) is 2.48. The van der Waals surface area contributed by atoms with Crippen molar-refractivity contribution in [2.45, 2.75) is 44.9 Å². The number of anilines is 1. The van der Waals surface area contributed by atoms with Gasteiger partial charge in [-0.25, -0.2) is 0 Å². The molecule has 0 atom stereocenters. The molecular weight excluding hydrogens is 475 g/mol. The molecule has 0 fully saturated rings. The van der Waals surface area contributed by atoms with Crippen molar-refractivity contribution < 1.29 is 4.79 Å². The fourth-order valence-electron chi connectivity index (χ4n) is 5.49. The molecule has 1 amide bonds. The lowest BCUT2D eigenvalue weighted by Crippen LogP contribution is -2.34.